The van der Waals surface area contributed by atoms with Crippen molar-refractivity contribution in [3.8, 4) is 11.3 Å². The number of pyridine rings is 1. The molecule has 3 rings (SSSR count). The van der Waals surface area contributed by atoms with Gasteiger partial charge in [-0.3, -0.25) is 9.67 Å². The fraction of sp³-hybridized carbons (Fsp3) is 0.357. The van der Waals surface area contributed by atoms with Crippen LogP contribution in [0.5, 0.6) is 0 Å². The minimum Gasteiger partial charge on any atom is -0.478 e. The number of aromatic carboxylic acids is 1. The number of carboxylic acid groups (broad SMARTS) is 1. The first-order valence-electron chi connectivity index (χ1n) is 6.58. The second-order valence-corrected chi connectivity index (χ2v) is 5.01. The molecule has 0 saturated heterocycles. The molecule has 1 N–H and O–H groups in total. The summed E-state index contributed by atoms with van der Waals surface area (Å²) < 4.78 is 15.0. The Labute approximate surface area is 115 Å². The third-order valence-electron chi connectivity index (χ3n) is 3.64. The first kappa shape index (κ1) is 12.8. The van der Waals surface area contributed by atoms with Crippen LogP contribution < -0.4 is 0 Å². The Bertz CT molecular complexity index is 648. The molecule has 0 aliphatic heterocycles. The minimum atomic E-state index is -1.06. The Morgan fingerprint density at radius 1 is 1.35 bits per heavy atom. The Balaban J connectivity index is 2.06. The second kappa shape index (κ2) is 5.03. The molecule has 1 saturated carbocycles. The maximum Gasteiger partial charge on any atom is 0.339 e. The van der Waals surface area contributed by atoms with Crippen LogP contribution in [0.25, 0.3) is 11.3 Å². The molecule has 1 aliphatic carbocycles. The molecule has 0 bridgehead atoms. The zero-order valence-corrected chi connectivity index (χ0v) is 10.8. The maximum atomic E-state index is 13.2. The molecule has 5 nitrogen and oxygen atoms in total. The van der Waals surface area contributed by atoms with Crippen LogP contribution in [0.2, 0.25) is 0 Å². The molecule has 0 atom stereocenters. The van der Waals surface area contributed by atoms with E-state index < -0.39 is 11.8 Å². The molecule has 6 heteroatoms. The number of hydrogen-bond donors (Lipinski definition) is 1. The van der Waals surface area contributed by atoms with Crippen molar-refractivity contribution < 1.29 is 14.3 Å². The van der Waals surface area contributed by atoms with Crippen LogP contribution in [0.15, 0.2) is 24.7 Å². The largest absolute Gasteiger partial charge is 0.478 e. The summed E-state index contributed by atoms with van der Waals surface area (Å²) >= 11 is 0. The highest BCUT2D eigenvalue weighted by atomic mass is 19.1. The van der Waals surface area contributed by atoms with Gasteiger partial charge in [0.05, 0.1) is 12.2 Å². The van der Waals surface area contributed by atoms with Gasteiger partial charge in [-0.15, -0.1) is 0 Å². The molecule has 0 amide bonds. The number of hydrogen-bond acceptors (Lipinski definition) is 3. The number of carbonyl (C=O) groups is 1. The molecule has 20 heavy (non-hydrogen) atoms. The summed E-state index contributed by atoms with van der Waals surface area (Å²) in [6.07, 6.45) is 8.31. The van der Waals surface area contributed by atoms with E-state index in [2.05, 4.69) is 10.1 Å². The predicted octanol–water partition coefficient (Wildman–Crippen LogP) is 2.90. The monoisotopic (exact) mass is 275 g/mol. The third-order valence-corrected chi connectivity index (χ3v) is 3.64. The van der Waals surface area contributed by atoms with Crippen molar-refractivity contribution in [2.24, 2.45) is 0 Å². The summed E-state index contributed by atoms with van der Waals surface area (Å²) in [5.41, 5.74) is 0.750. The van der Waals surface area contributed by atoms with Gasteiger partial charge >= 0.3 is 5.97 Å². The van der Waals surface area contributed by atoms with E-state index in [9.17, 15) is 14.3 Å². The Morgan fingerprint density at radius 3 is 2.75 bits per heavy atom. The molecule has 2 aromatic heterocycles. The number of nitrogens with zero attached hydrogens (tertiary/aromatic N) is 3. The smallest absolute Gasteiger partial charge is 0.339 e. The van der Waals surface area contributed by atoms with E-state index in [0.717, 1.165) is 31.9 Å². The van der Waals surface area contributed by atoms with Gasteiger partial charge in [-0.2, -0.15) is 5.10 Å². The van der Waals surface area contributed by atoms with E-state index in [4.69, 9.17) is 0 Å². The molecule has 0 spiro atoms. The summed E-state index contributed by atoms with van der Waals surface area (Å²) in [5.74, 6) is -1.57. The third kappa shape index (κ3) is 2.29. The van der Waals surface area contributed by atoms with Gasteiger partial charge in [-0.1, -0.05) is 12.8 Å². The van der Waals surface area contributed by atoms with Gasteiger partial charge < -0.3 is 5.11 Å². The van der Waals surface area contributed by atoms with E-state index in [-0.39, 0.29) is 17.3 Å². The van der Waals surface area contributed by atoms with E-state index in [0.29, 0.717) is 5.56 Å². The zero-order chi connectivity index (χ0) is 14.1. The quantitative estimate of drug-likeness (QED) is 0.935. The summed E-state index contributed by atoms with van der Waals surface area (Å²) in [6, 6.07) is 1.49. The molecule has 0 unspecified atom stereocenters. The number of aromatic nitrogens is 3. The van der Waals surface area contributed by atoms with Crippen LogP contribution in [-0.4, -0.2) is 25.8 Å². The summed E-state index contributed by atoms with van der Waals surface area (Å²) in [4.78, 5) is 15.1. The lowest BCUT2D eigenvalue weighted by molar-refractivity contribution is 0.0697. The van der Waals surface area contributed by atoms with E-state index >= 15 is 0 Å². The molecule has 104 valence electrons. The van der Waals surface area contributed by atoms with Crippen molar-refractivity contribution in [3.05, 3.63) is 36.0 Å². The summed E-state index contributed by atoms with van der Waals surface area (Å²) in [6.45, 7) is 0. The topological polar surface area (TPSA) is 68.0 Å². The number of halogens is 1. The molecule has 1 aliphatic rings. The summed E-state index contributed by atoms with van der Waals surface area (Å²) in [5, 5.41) is 13.6. The molecule has 1 fully saturated rings. The van der Waals surface area contributed by atoms with E-state index in [1.54, 1.807) is 10.9 Å². The highest BCUT2D eigenvalue weighted by molar-refractivity contribution is 5.94. The molecule has 0 aromatic carbocycles. The molecule has 0 radical (unpaired) electrons. The normalized spacial score (nSPS) is 15.7. The van der Waals surface area contributed by atoms with Crippen molar-refractivity contribution in [2.75, 3.05) is 0 Å². The first-order valence-corrected chi connectivity index (χ1v) is 6.58. The average Bonchev–Trinajstić information content (AvgIpc) is 3.08. The molecular weight excluding hydrogens is 261 g/mol. The van der Waals surface area contributed by atoms with Crippen LogP contribution in [0.1, 0.15) is 42.1 Å². The fourth-order valence-corrected chi connectivity index (χ4v) is 2.66. The standard InChI is InChI=1S/C14H14FN3O2/c15-10-5-9(6-16-7-10)13-12(14(19)20)8-18(17-13)11-3-1-2-4-11/h5-8,11H,1-4H2,(H,19,20). The van der Waals surface area contributed by atoms with Crippen molar-refractivity contribution in [2.45, 2.75) is 31.7 Å². The van der Waals surface area contributed by atoms with Gasteiger partial charge in [0.25, 0.3) is 0 Å². The lowest BCUT2D eigenvalue weighted by Crippen LogP contribution is -2.05. The lowest BCUT2D eigenvalue weighted by Gasteiger charge is -2.08. The second-order valence-electron chi connectivity index (χ2n) is 5.01. The van der Waals surface area contributed by atoms with Gasteiger partial charge in [0.1, 0.15) is 17.1 Å². The van der Waals surface area contributed by atoms with Crippen molar-refractivity contribution in [3.63, 3.8) is 0 Å². The molecule has 2 heterocycles. The van der Waals surface area contributed by atoms with Gasteiger partial charge in [-0.05, 0) is 18.9 Å². The zero-order valence-electron chi connectivity index (χ0n) is 10.8. The Morgan fingerprint density at radius 2 is 2.10 bits per heavy atom. The van der Waals surface area contributed by atoms with E-state index in [1.807, 2.05) is 0 Å². The Hall–Kier alpha value is -2.24. The van der Waals surface area contributed by atoms with E-state index in [1.165, 1.54) is 12.3 Å². The van der Waals surface area contributed by atoms with Crippen LogP contribution in [-0.2, 0) is 0 Å². The number of carboxylic acids is 1. The van der Waals surface area contributed by atoms with Gasteiger partial charge in [0, 0.05) is 18.0 Å². The lowest BCUT2D eigenvalue weighted by atomic mass is 10.1. The Kier molecular flexibility index (Phi) is 3.22. The molecular formula is C14H14FN3O2. The average molecular weight is 275 g/mol. The van der Waals surface area contributed by atoms with Crippen molar-refractivity contribution in [1.29, 1.82) is 0 Å². The van der Waals surface area contributed by atoms with Gasteiger partial charge in [0.2, 0.25) is 0 Å². The van der Waals surface area contributed by atoms with Crippen LogP contribution >= 0.6 is 0 Å². The highest BCUT2D eigenvalue weighted by Crippen LogP contribution is 2.31. The van der Waals surface area contributed by atoms with Gasteiger partial charge in [0.15, 0.2) is 0 Å². The van der Waals surface area contributed by atoms with Crippen molar-refractivity contribution >= 4 is 5.97 Å². The van der Waals surface area contributed by atoms with Crippen LogP contribution in [0, 0.1) is 5.82 Å². The van der Waals surface area contributed by atoms with Crippen LogP contribution in [0.4, 0.5) is 4.39 Å². The maximum absolute atomic E-state index is 13.2. The predicted molar refractivity (Wildman–Crippen MR) is 69.9 cm³/mol. The minimum absolute atomic E-state index is 0.0873. The highest BCUT2D eigenvalue weighted by Gasteiger charge is 2.23. The number of rotatable bonds is 3. The molecule has 2 aromatic rings. The first-order chi connectivity index (χ1) is 9.65. The van der Waals surface area contributed by atoms with Crippen molar-refractivity contribution in [1.82, 2.24) is 14.8 Å². The fourth-order valence-electron chi connectivity index (χ4n) is 2.66. The van der Waals surface area contributed by atoms with Crippen LogP contribution in [0.3, 0.4) is 0 Å². The SMILES string of the molecule is O=C(O)c1cn(C2CCCC2)nc1-c1cncc(F)c1. The van der Waals surface area contributed by atoms with Gasteiger partial charge in [-0.25, -0.2) is 9.18 Å². The summed E-state index contributed by atoms with van der Waals surface area (Å²) in [7, 11) is 0.